The molecule has 0 saturated heterocycles. The summed E-state index contributed by atoms with van der Waals surface area (Å²) in [6, 6.07) is 0. The van der Waals surface area contributed by atoms with Crippen LogP contribution in [0.25, 0.3) is 0 Å². The first-order valence-corrected chi connectivity index (χ1v) is 3.85. The summed E-state index contributed by atoms with van der Waals surface area (Å²) < 4.78 is 12.1. The average molecular weight is 187 g/mol. The van der Waals surface area contributed by atoms with E-state index in [2.05, 4.69) is 4.98 Å². The van der Waals surface area contributed by atoms with Gasteiger partial charge in [0.05, 0.1) is 22.6 Å². The molecule has 0 aliphatic carbocycles. The molecule has 0 aliphatic rings. The summed E-state index contributed by atoms with van der Waals surface area (Å²) in [6.45, 7) is 1.58. The van der Waals surface area contributed by atoms with Gasteiger partial charge >= 0.3 is 5.97 Å². The van der Waals surface area contributed by atoms with Crippen LogP contribution in [0, 0.1) is 6.92 Å². The van der Waals surface area contributed by atoms with E-state index in [1.54, 1.807) is 6.92 Å². The molecule has 3 nitrogen and oxygen atoms in total. The second-order valence-corrected chi connectivity index (χ2v) is 2.81. The van der Waals surface area contributed by atoms with Gasteiger partial charge in [0.15, 0.2) is 0 Å². The van der Waals surface area contributed by atoms with E-state index in [0.717, 1.165) is 0 Å². The van der Waals surface area contributed by atoms with Crippen molar-refractivity contribution in [3.8, 4) is 0 Å². The van der Waals surface area contributed by atoms with Crippen LogP contribution in [0.4, 0.5) is 3.89 Å². The highest BCUT2D eigenvalue weighted by atomic mass is 32.2. The van der Waals surface area contributed by atoms with Crippen LogP contribution in [0.5, 0.6) is 0 Å². The van der Waals surface area contributed by atoms with Crippen molar-refractivity contribution in [3.05, 3.63) is 23.5 Å². The summed E-state index contributed by atoms with van der Waals surface area (Å²) in [5, 5.41) is 8.67. The predicted octanol–water partition coefficient (Wildman–Crippen LogP) is 2.06. The third-order valence-electron chi connectivity index (χ3n) is 1.40. The molecule has 12 heavy (non-hydrogen) atoms. The van der Waals surface area contributed by atoms with Gasteiger partial charge in [0, 0.05) is 12.4 Å². The highest BCUT2D eigenvalue weighted by Crippen LogP contribution is 2.24. The first-order chi connectivity index (χ1) is 5.66. The SMILES string of the molecule is Cc1cncc(SF)c1C(=O)O. The minimum absolute atomic E-state index is 0.0162. The first-order valence-electron chi connectivity index (χ1n) is 3.13. The van der Waals surface area contributed by atoms with Crippen LogP contribution in [0.3, 0.4) is 0 Å². The number of hydrogen-bond acceptors (Lipinski definition) is 3. The zero-order valence-electron chi connectivity index (χ0n) is 6.24. The number of halogens is 1. The Kier molecular flexibility index (Phi) is 2.65. The molecule has 0 amide bonds. The van der Waals surface area contributed by atoms with Crippen molar-refractivity contribution in [2.45, 2.75) is 11.8 Å². The highest BCUT2D eigenvalue weighted by molar-refractivity contribution is 7.94. The molecule has 0 bridgehead atoms. The van der Waals surface area contributed by atoms with Crippen molar-refractivity contribution in [1.82, 2.24) is 4.98 Å². The van der Waals surface area contributed by atoms with Crippen molar-refractivity contribution in [1.29, 1.82) is 0 Å². The number of aromatic carboxylic acids is 1. The molecule has 0 aromatic carbocycles. The Morgan fingerprint density at radius 2 is 2.33 bits per heavy atom. The molecule has 0 aliphatic heterocycles. The molecule has 0 unspecified atom stereocenters. The van der Waals surface area contributed by atoms with Crippen molar-refractivity contribution >= 4 is 18.1 Å². The molecule has 1 aromatic heterocycles. The lowest BCUT2D eigenvalue weighted by atomic mass is 10.2. The van der Waals surface area contributed by atoms with Crippen LogP contribution < -0.4 is 0 Å². The second kappa shape index (κ2) is 3.53. The number of carbonyl (C=O) groups is 1. The summed E-state index contributed by atoms with van der Waals surface area (Å²) >= 11 is -0.105. The van der Waals surface area contributed by atoms with Gasteiger partial charge in [-0.05, 0) is 12.5 Å². The van der Waals surface area contributed by atoms with Crippen LogP contribution in [-0.2, 0) is 0 Å². The lowest BCUT2D eigenvalue weighted by Gasteiger charge is -2.02. The standard InChI is InChI=1S/C7H6FNO2S/c1-4-2-9-3-5(12-8)6(4)7(10)11/h2-3H,1H3,(H,10,11). The third kappa shape index (κ3) is 1.55. The van der Waals surface area contributed by atoms with E-state index in [1.807, 2.05) is 0 Å². The minimum Gasteiger partial charge on any atom is -0.478 e. The topological polar surface area (TPSA) is 50.2 Å². The number of carboxylic acids is 1. The zero-order valence-corrected chi connectivity index (χ0v) is 7.06. The van der Waals surface area contributed by atoms with E-state index in [9.17, 15) is 8.68 Å². The van der Waals surface area contributed by atoms with Gasteiger partial charge in [-0.25, -0.2) is 4.79 Å². The number of hydrogen-bond donors (Lipinski definition) is 1. The van der Waals surface area contributed by atoms with E-state index in [1.165, 1.54) is 12.4 Å². The van der Waals surface area contributed by atoms with E-state index >= 15 is 0 Å². The number of rotatable bonds is 2. The summed E-state index contributed by atoms with van der Waals surface area (Å²) in [5.41, 5.74) is 0.447. The molecular formula is C7H6FNO2S. The summed E-state index contributed by atoms with van der Waals surface area (Å²) in [5.74, 6) is -1.13. The predicted molar refractivity (Wildman–Crippen MR) is 42.9 cm³/mol. The monoisotopic (exact) mass is 187 g/mol. The number of aryl methyl sites for hydroxylation is 1. The van der Waals surface area contributed by atoms with E-state index in [0.29, 0.717) is 5.56 Å². The van der Waals surface area contributed by atoms with Crippen molar-refractivity contribution in [2.24, 2.45) is 0 Å². The minimum atomic E-state index is -1.13. The average Bonchev–Trinajstić information content (AvgIpc) is 2.03. The fourth-order valence-corrected chi connectivity index (χ4v) is 1.30. The Morgan fingerprint density at radius 3 is 2.75 bits per heavy atom. The Labute approximate surface area is 72.9 Å². The Hall–Kier alpha value is -1.10. The second-order valence-electron chi connectivity index (χ2n) is 2.21. The van der Waals surface area contributed by atoms with Gasteiger partial charge in [-0.3, -0.25) is 4.98 Å². The Balaban J connectivity index is 3.29. The van der Waals surface area contributed by atoms with Crippen LogP contribution in [-0.4, -0.2) is 16.1 Å². The van der Waals surface area contributed by atoms with Crippen LogP contribution in [0.15, 0.2) is 17.3 Å². The lowest BCUT2D eigenvalue weighted by molar-refractivity contribution is 0.0692. The number of nitrogens with zero attached hydrogens (tertiary/aromatic N) is 1. The molecule has 0 fully saturated rings. The molecule has 0 spiro atoms. The zero-order chi connectivity index (χ0) is 9.14. The summed E-state index contributed by atoms with van der Waals surface area (Å²) in [7, 11) is 0. The highest BCUT2D eigenvalue weighted by Gasteiger charge is 2.13. The van der Waals surface area contributed by atoms with E-state index < -0.39 is 5.97 Å². The van der Waals surface area contributed by atoms with Crippen molar-refractivity contribution < 1.29 is 13.8 Å². The number of pyridine rings is 1. The fourth-order valence-electron chi connectivity index (χ4n) is 0.873. The maximum Gasteiger partial charge on any atom is 0.337 e. The molecule has 0 saturated carbocycles. The molecule has 1 heterocycles. The molecule has 0 atom stereocenters. The van der Waals surface area contributed by atoms with Crippen LogP contribution >= 0.6 is 12.1 Å². The molecular weight excluding hydrogens is 181 g/mol. The number of carboxylic acid groups (broad SMARTS) is 1. The molecule has 1 rings (SSSR count). The fraction of sp³-hybridized carbons (Fsp3) is 0.143. The van der Waals surface area contributed by atoms with Gasteiger partial charge in [-0.1, -0.05) is 0 Å². The quantitative estimate of drug-likeness (QED) is 0.769. The molecule has 5 heteroatoms. The van der Waals surface area contributed by atoms with Crippen molar-refractivity contribution in [2.75, 3.05) is 0 Å². The molecule has 1 aromatic rings. The van der Waals surface area contributed by atoms with Gasteiger partial charge in [0.1, 0.15) is 0 Å². The maximum absolute atomic E-state index is 12.1. The summed E-state index contributed by atoms with van der Waals surface area (Å²) in [4.78, 5) is 14.3. The van der Waals surface area contributed by atoms with Gasteiger partial charge in [-0.2, -0.15) is 3.89 Å². The van der Waals surface area contributed by atoms with Gasteiger partial charge in [0.25, 0.3) is 0 Å². The van der Waals surface area contributed by atoms with Gasteiger partial charge in [0.2, 0.25) is 0 Å². The van der Waals surface area contributed by atoms with Crippen LogP contribution in [0.1, 0.15) is 15.9 Å². The molecule has 64 valence electrons. The van der Waals surface area contributed by atoms with E-state index in [4.69, 9.17) is 5.11 Å². The van der Waals surface area contributed by atoms with E-state index in [-0.39, 0.29) is 22.6 Å². The largest absolute Gasteiger partial charge is 0.478 e. The molecule has 0 radical (unpaired) electrons. The molecule has 1 N–H and O–H groups in total. The normalized spacial score (nSPS) is 9.83. The van der Waals surface area contributed by atoms with Gasteiger partial charge in [-0.15, -0.1) is 0 Å². The first kappa shape index (κ1) is 8.99. The maximum atomic E-state index is 12.1. The summed E-state index contributed by atoms with van der Waals surface area (Å²) in [6.07, 6.45) is 2.59. The Bertz CT molecular complexity index is 316. The Morgan fingerprint density at radius 1 is 1.67 bits per heavy atom. The van der Waals surface area contributed by atoms with Gasteiger partial charge < -0.3 is 5.11 Å². The smallest absolute Gasteiger partial charge is 0.337 e. The lowest BCUT2D eigenvalue weighted by Crippen LogP contribution is -2.02. The van der Waals surface area contributed by atoms with Crippen molar-refractivity contribution in [3.63, 3.8) is 0 Å². The van der Waals surface area contributed by atoms with Crippen LogP contribution in [0.2, 0.25) is 0 Å². The third-order valence-corrected chi connectivity index (χ3v) is 1.87. The number of aromatic nitrogens is 1.